The number of nitrogens with zero attached hydrogens (tertiary/aromatic N) is 4. The van der Waals surface area contributed by atoms with E-state index in [4.69, 9.17) is 9.72 Å². The van der Waals surface area contributed by atoms with Gasteiger partial charge < -0.3 is 23.9 Å². The van der Waals surface area contributed by atoms with E-state index in [-0.39, 0.29) is 12.5 Å². The average Bonchev–Trinajstić information content (AvgIpc) is 3.50. The molecule has 3 aromatic heterocycles. The SMILES string of the molecule is Cc1cc(C)n(C)c1-c1ccc2cc(-c3c(C4CCCCC4)cc(/C=C/C(=O)O)n3CC(=O)N3CCOCC3)ccc2n1. The van der Waals surface area contributed by atoms with Crippen LogP contribution in [0.15, 0.2) is 48.5 Å². The Bertz CT molecular complexity index is 1700. The van der Waals surface area contributed by atoms with Crippen LogP contribution < -0.4 is 0 Å². The van der Waals surface area contributed by atoms with Crippen molar-refractivity contribution in [1.29, 1.82) is 0 Å². The molecule has 43 heavy (non-hydrogen) atoms. The summed E-state index contributed by atoms with van der Waals surface area (Å²) in [7, 11) is 2.07. The minimum absolute atomic E-state index is 0.0145. The Labute approximate surface area is 252 Å². The van der Waals surface area contributed by atoms with Crippen molar-refractivity contribution in [2.45, 2.75) is 58.4 Å². The topological polar surface area (TPSA) is 89.6 Å². The molecule has 0 spiro atoms. The van der Waals surface area contributed by atoms with Crippen LogP contribution in [-0.2, 0) is 27.9 Å². The second-order valence-electron chi connectivity index (χ2n) is 11.9. The number of carbonyl (C=O) groups excluding carboxylic acids is 1. The number of hydrogen-bond acceptors (Lipinski definition) is 4. The Morgan fingerprint density at radius 2 is 1.77 bits per heavy atom. The van der Waals surface area contributed by atoms with E-state index in [0.29, 0.717) is 32.2 Å². The largest absolute Gasteiger partial charge is 0.478 e. The van der Waals surface area contributed by atoms with Crippen molar-refractivity contribution in [2.75, 3.05) is 26.3 Å². The van der Waals surface area contributed by atoms with E-state index in [1.54, 1.807) is 6.08 Å². The number of pyridine rings is 1. The molecule has 1 aliphatic carbocycles. The summed E-state index contributed by atoms with van der Waals surface area (Å²) in [5.74, 6) is -0.634. The molecule has 2 fully saturated rings. The molecule has 1 amide bonds. The third kappa shape index (κ3) is 5.89. The van der Waals surface area contributed by atoms with Gasteiger partial charge in [0.25, 0.3) is 0 Å². The van der Waals surface area contributed by atoms with E-state index in [0.717, 1.165) is 52.1 Å². The third-order valence-electron chi connectivity index (χ3n) is 9.13. The number of rotatable bonds is 7. The maximum absolute atomic E-state index is 13.6. The zero-order valence-electron chi connectivity index (χ0n) is 25.3. The first-order chi connectivity index (χ1) is 20.8. The zero-order valence-corrected chi connectivity index (χ0v) is 25.3. The maximum atomic E-state index is 13.6. The quantitative estimate of drug-likeness (QED) is 0.258. The van der Waals surface area contributed by atoms with Crippen LogP contribution >= 0.6 is 0 Å². The van der Waals surface area contributed by atoms with Crippen LogP contribution in [0.3, 0.4) is 0 Å². The van der Waals surface area contributed by atoms with Gasteiger partial charge in [-0.1, -0.05) is 31.4 Å². The smallest absolute Gasteiger partial charge is 0.328 e. The lowest BCUT2D eigenvalue weighted by Crippen LogP contribution is -2.42. The lowest BCUT2D eigenvalue weighted by molar-refractivity contribution is -0.136. The van der Waals surface area contributed by atoms with Crippen molar-refractivity contribution in [1.82, 2.24) is 19.0 Å². The number of carboxylic acid groups (broad SMARTS) is 1. The summed E-state index contributed by atoms with van der Waals surface area (Å²) in [6, 6.07) is 14.8. The first kappa shape index (κ1) is 28.9. The van der Waals surface area contributed by atoms with Gasteiger partial charge in [0, 0.05) is 43.0 Å². The van der Waals surface area contributed by atoms with Gasteiger partial charge in [-0.25, -0.2) is 9.78 Å². The number of ether oxygens (including phenoxy) is 1. The Morgan fingerprint density at radius 1 is 1.00 bits per heavy atom. The summed E-state index contributed by atoms with van der Waals surface area (Å²) in [6.45, 7) is 6.56. The van der Waals surface area contributed by atoms with E-state index >= 15 is 0 Å². The van der Waals surface area contributed by atoms with E-state index in [9.17, 15) is 14.7 Å². The number of aromatic nitrogens is 3. The molecule has 0 bridgehead atoms. The molecule has 6 rings (SSSR count). The van der Waals surface area contributed by atoms with Crippen molar-refractivity contribution in [2.24, 2.45) is 7.05 Å². The van der Waals surface area contributed by atoms with Gasteiger partial charge in [0.2, 0.25) is 5.91 Å². The highest BCUT2D eigenvalue weighted by Crippen LogP contribution is 2.41. The van der Waals surface area contributed by atoms with E-state index < -0.39 is 5.97 Å². The van der Waals surface area contributed by atoms with E-state index in [1.165, 1.54) is 42.2 Å². The molecule has 8 heteroatoms. The fourth-order valence-corrected chi connectivity index (χ4v) is 6.85. The summed E-state index contributed by atoms with van der Waals surface area (Å²) >= 11 is 0. The molecule has 1 aromatic carbocycles. The van der Waals surface area contributed by atoms with Crippen LogP contribution in [0.1, 0.15) is 60.5 Å². The first-order valence-electron chi connectivity index (χ1n) is 15.3. The number of hydrogen-bond donors (Lipinski definition) is 1. The van der Waals surface area contributed by atoms with Crippen LogP contribution in [0.25, 0.3) is 39.6 Å². The van der Waals surface area contributed by atoms with Crippen molar-refractivity contribution in [3.8, 4) is 22.6 Å². The Hall–Kier alpha value is -4.17. The summed E-state index contributed by atoms with van der Waals surface area (Å²) in [5, 5.41) is 10.5. The van der Waals surface area contributed by atoms with E-state index in [1.807, 2.05) is 9.47 Å². The first-order valence-corrected chi connectivity index (χ1v) is 15.3. The lowest BCUT2D eigenvalue weighted by atomic mass is 9.83. The monoisotopic (exact) mass is 580 g/mol. The van der Waals surface area contributed by atoms with E-state index in [2.05, 4.69) is 67.9 Å². The van der Waals surface area contributed by atoms with Gasteiger partial charge in [-0.05, 0) is 85.7 Å². The number of aliphatic carboxylic acids is 1. The number of carbonyl (C=O) groups is 2. The highest BCUT2D eigenvalue weighted by molar-refractivity contribution is 5.89. The van der Waals surface area contributed by atoms with Crippen LogP contribution in [-0.4, -0.2) is 62.3 Å². The van der Waals surface area contributed by atoms with Gasteiger partial charge in [-0.15, -0.1) is 0 Å². The number of morpholine rings is 1. The van der Waals surface area contributed by atoms with Crippen molar-refractivity contribution >= 4 is 28.9 Å². The minimum Gasteiger partial charge on any atom is -0.478 e. The Balaban J connectivity index is 1.47. The van der Waals surface area contributed by atoms with Crippen molar-refractivity contribution in [3.05, 3.63) is 71.1 Å². The number of benzene rings is 1. The number of carboxylic acids is 1. The van der Waals surface area contributed by atoms with Crippen LogP contribution in [0, 0.1) is 13.8 Å². The highest BCUT2D eigenvalue weighted by atomic mass is 16.5. The Kier molecular flexibility index (Phi) is 8.21. The number of aryl methyl sites for hydroxylation is 2. The molecule has 224 valence electrons. The molecular formula is C35H40N4O4. The predicted octanol–water partition coefficient (Wildman–Crippen LogP) is 6.33. The molecule has 1 aliphatic heterocycles. The molecule has 4 heterocycles. The van der Waals surface area contributed by atoms with Crippen LogP contribution in [0.2, 0.25) is 0 Å². The second kappa shape index (κ2) is 12.2. The molecule has 8 nitrogen and oxygen atoms in total. The predicted molar refractivity (Wildman–Crippen MR) is 169 cm³/mol. The summed E-state index contributed by atoms with van der Waals surface area (Å²) in [4.78, 5) is 32.0. The van der Waals surface area contributed by atoms with Gasteiger partial charge in [0.05, 0.1) is 35.8 Å². The molecule has 0 unspecified atom stereocenters. The molecule has 1 saturated heterocycles. The normalized spacial score (nSPS) is 16.4. The number of amides is 1. The van der Waals surface area contributed by atoms with Gasteiger partial charge in [0.1, 0.15) is 6.54 Å². The zero-order chi connectivity index (χ0) is 30.1. The summed E-state index contributed by atoms with van der Waals surface area (Å²) in [5.41, 5.74) is 9.31. The molecule has 1 saturated carbocycles. The van der Waals surface area contributed by atoms with Crippen molar-refractivity contribution < 1.29 is 19.4 Å². The fraction of sp³-hybridized carbons (Fsp3) is 0.400. The maximum Gasteiger partial charge on any atom is 0.328 e. The summed E-state index contributed by atoms with van der Waals surface area (Å²) in [6.07, 6.45) is 8.55. The van der Waals surface area contributed by atoms with Gasteiger partial charge >= 0.3 is 5.97 Å². The molecule has 0 radical (unpaired) electrons. The molecule has 1 N–H and O–H groups in total. The van der Waals surface area contributed by atoms with Gasteiger partial charge in [0.15, 0.2) is 0 Å². The average molecular weight is 581 g/mol. The summed E-state index contributed by atoms with van der Waals surface area (Å²) < 4.78 is 9.68. The minimum atomic E-state index is -1.01. The Morgan fingerprint density at radius 3 is 2.47 bits per heavy atom. The highest BCUT2D eigenvalue weighted by Gasteiger charge is 2.27. The third-order valence-corrected chi connectivity index (χ3v) is 9.13. The van der Waals surface area contributed by atoms with Crippen LogP contribution in [0.4, 0.5) is 0 Å². The van der Waals surface area contributed by atoms with Gasteiger partial charge in [-0.2, -0.15) is 0 Å². The lowest BCUT2D eigenvalue weighted by Gasteiger charge is -2.28. The molecule has 0 atom stereocenters. The molecule has 4 aromatic rings. The molecule has 2 aliphatic rings. The van der Waals surface area contributed by atoms with Crippen molar-refractivity contribution in [3.63, 3.8) is 0 Å². The number of fused-ring (bicyclic) bond motifs is 1. The molecular weight excluding hydrogens is 540 g/mol. The second-order valence-corrected chi connectivity index (χ2v) is 11.9. The van der Waals surface area contributed by atoms with Gasteiger partial charge in [-0.3, -0.25) is 4.79 Å². The standard InChI is InChI=1S/C35H40N4O4/c1-23-19-24(2)37(3)34(23)31-13-9-26-20-27(10-12-30(26)36-31)35-29(25-7-5-4-6-8-25)21-28(11-14-33(41)42)39(35)22-32(40)38-15-17-43-18-16-38/h9-14,19-21,25H,4-8,15-18,22H2,1-3H3,(H,41,42)/b14-11+. The van der Waals surface area contributed by atoms with Crippen LogP contribution in [0.5, 0.6) is 0 Å². The fourth-order valence-electron chi connectivity index (χ4n) is 6.85.